The number of hydrogen-bond acceptors (Lipinski definition) is 2. The lowest BCUT2D eigenvalue weighted by Gasteiger charge is -2.24. The Morgan fingerprint density at radius 3 is 2.53 bits per heavy atom. The molecule has 0 fully saturated rings. The summed E-state index contributed by atoms with van der Waals surface area (Å²) in [5.41, 5.74) is 3.39. The van der Waals surface area contributed by atoms with E-state index in [2.05, 4.69) is 20.8 Å². The van der Waals surface area contributed by atoms with Crippen LogP contribution in [0.25, 0.3) is 0 Å². The molecule has 96 valence electrons. The first kappa shape index (κ1) is 12.8. The maximum Gasteiger partial charge on any atom is 0.0843 e. The fraction of sp³-hybridized carbons (Fsp3) is 0.733. The highest BCUT2D eigenvalue weighted by atomic mass is 16.3. The Morgan fingerprint density at radius 1 is 1.24 bits per heavy atom. The number of allylic oxidation sites excluding steroid dienone is 1. The Hall–Kier alpha value is -0.600. The second-order valence-corrected chi connectivity index (χ2v) is 6.43. The van der Waals surface area contributed by atoms with Gasteiger partial charge in [-0.25, -0.2) is 0 Å². The van der Waals surface area contributed by atoms with E-state index in [4.69, 9.17) is 0 Å². The lowest BCUT2D eigenvalue weighted by Crippen LogP contribution is -2.25. The molecule has 0 heterocycles. The van der Waals surface area contributed by atoms with E-state index in [0.717, 1.165) is 30.4 Å². The molecule has 0 aromatic rings. The third kappa shape index (κ3) is 2.21. The zero-order valence-corrected chi connectivity index (χ0v) is 11.3. The van der Waals surface area contributed by atoms with Crippen LogP contribution in [0.4, 0.5) is 0 Å². The zero-order chi connectivity index (χ0) is 12.8. The van der Waals surface area contributed by atoms with Crippen molar-refractivity contribution in [3.8, 4) is 0 Å². The molecular weight excluding hydrogens is 212 g/mol. The Kier molecular flexibility index (Phi) is 3.21. The summed E-state index contributed by atoms with van der Waals surface area (Å²) in [6.45, 7) is 8.41. The van der Waals surface area contributed by atoms with Crippen LogP contribution in [-0.2, 0) is 0 Å². The topological polar surface area (TPSA) is 40.5 Å². The molecule has 2 aliphatic rings. The van der Waals surface area contributed by atoms with Crippen molar-refractivity contribution in [3.63, 3.8) is 0 Å². The Balaban J connectivity index is 2.44. The molecule has 0 amide bonds. The van der Waals surface area contributed by atoms with Gasteiger partial charge in [0.2, 0.25) is 0 Å². The second kappa shape index (κ2) is 4.25. The van der Waals surface area contributed by atoms with Gasteiger partial charge in [0.1, 0.15) is 0 Å². The summed E-state index contributed by atoms with van der Waals surface area (Å²) >= 11 is 0. The van der Waals surface area contributed by atoms with Gasteiger partial charge >= 0.3 is 0 Å². The first-order valence-corrected chi connectivity index (χ1v) is 6.60. The molecule has 0 bridgehead atoms. The van der Waals surface area contributed by atoms with Crippen LogP contribution in [0.2, 0.25) is 0 Å². The highest BCUT2D eigenvalue weighted by Crippen LogP contribution is 2.46. The molecule has 2 nitrogen and oxygen atoms in total. The number of aliphatic hydroxyl groups excluding tert-OH is 2. The molecule has 0 unspecified atom stereocenters. The highest BCUT2D eigenvalue weighted by molar-refractivity contribution is 5.41. The van der Waals surface area contributed by atoms with Crippen LogP contribution in [0.5, 0.6) is 0 Å². The molecule has 0 aromatic carbocycles. The van der Waals surface area contributed by atoms with E-state index in [1.54, 1.807) is 0 Å². The van der Waals surface area contributed by atoms with E-state index in [9.17, 15) is 10.2 Å². The largest absolute Gasteiger partial charge is 0.389 e. The van der Waals surface area contributed by atoms with Gasteiger partial charge in [-0.05, 0) is 48.7 Å². The molecule has 2 rings (SSSR count). The first-order chi connectivity index (χ1) is 7.83. The van der Waals surface area contributed by atoms with Gasteiger partial charge < -0.3 is 10.2 Å². The minimum atomic E-state index is -0.389. The van der Waals surface area contributed by atoms with E-state index in [-0.39, 0.29) is 17.6 Å². The molecular formula is C15H24O2. The lowest BCUT2D eigenvalue weighted by atomic mass is 9.84. The molecule has 2 N–H and O–H groups in total. The lowest BCUT2D eigenvalue weighted by molar-refractivity contribution is 0.0991. The maximum atomic E-state index is 10.4. The minimum absolute atomic E-state index is 0.0645. The quantitative estimate of drug-likeness (QED) is 0.679. The minimum Gasteiger partial charge on any atom is -0.389 e. The molecule has 0 radical (unpaired) electrons. The van der Waals surface area contributed by atoms with Crippen molar-refractivity contribution in [1.29, 1.82) is 0 Å². The van der Waals surface area contributed by atoms with Gasteiger partial charge in [0, 0.05) is 0 Å². The van der Waals surface area contributed by atoms with Crippen molar-refractivity contribution < 1.29 is 10.2 Å². The van der Waals surface area contributed by atoms with E-state index < -0.39 is 0 Å². The van der Waals surface area contributed by atoms with Crippen molar-refractivity contribution in [2.75, 3.05) is 0 Å². The maximum absolute atomic E-state index is 10.4. The normalized spacial score (nSPS) is 37.3. The van der Waals surface area contributed by atoms with Gasteiger partial charge in [0.15, 0.2) is 0 Å². The average molecular weight is 236 g/mol. The van der Waals surface area contributed by atoms with Gasteiger partial charge in [0.25, 0.3) is 0 Å². The SMILES string of the molecule is CC1=CC2=C(CC(C)(C)[C@@H]2O)[C@H](C)CC[C@@H]1O. The smallest absolute Gasteiger partial charge is 0.0843 e. The fourth-order valence-electron chi connectivity index (χ4n) is 3.07. The molecule has 0 aromatic heterocycles. The van der Waals surface area contributed by atoms with Crippen molar-refractivity contribution >= 4 is 0 Å². The first-order valence-electron chi connectivity index (χ1n) is 6.60. The Bertz CT molecular complexity index is 376. The van der Waals surface area contributed by atoms with Crippen LogP contribution >= 0.6 is 0 Å². The standard InChI is InChI=1S/C15H24O2/c1-9-5-6-13(16)10(2)7-11-12(9)8-15(3,4)14(11)17/h7,9,13-14,16-17H,5-6,8H2,1-4H3/t9-,13+,14-/m1/s1. The molecule has 17 heavy (non-hydrogen) atoms. The van der Waals surface area contributed by atoms with E-state index in [0.29, 0.717) is 5.92 Å². The number of rotatable bonds is 0. The van der Waals surface area contributed by atoms with Gasteiger partial charge in [-0.15, -0.1) is 0 Å². The second-order valence-electron chi connectivity index (χ2n) is 6.43. The highest BCUT2D eigenvalue weighted by Gasteiger charge is 2.40. The van der Waals surface area contributed by atoms with Crippen LogP contribution in [0, 0.1) is 11.3 Å². The van der Waals surface area contributed by atoms with Crippen LogP contribution in [0.1, 0.15) is 47.0 Å². The summed E-state index contributed by atoms with van der Waals surface area (Å²) in [6.07, 6.45) is 4.10. The van der Waals surface area contributed by atoms with E-state index in [1.165, 1.54) is 5.57 Å². The summed E-state index contributed by atoms with van der Waals surface area (Å²) in [5.74, 6) is 0.473. The van der Waals surface area contributed by atoms with Crippen molar-refractivity contribution in [3.05, 3.63) is 22.8 Å². The van der Waals surface area contributed by atoms with E-state index in [1.807, 2.05) is 13.0 Å². The number of aliphatic hydroxyl groups is 2. The summed E-state index contributed by atoms with van der Waals surface area (Å²) in [4.78, 5) is 0. The predicted molar refractivity (Wildman–Crippen MR) is 69.6 cm³/mol. The van der Waals surface area contributed by atoms with Crippen LogP contribution < -0.4 is 0 Å². The van der Waals surface area contributed by atoms with Gasteiger partial charge in [0.05, 0.1) is 12.2 Å². The molecule has 0 saturated carbocycles. The van der Waals surface area contributed by atoms with Gasteiger partial charge in [-0.1, -0.05) is 32.4 Å². The van der Waals surface area contributed by atoms with Crippen LogP contribution in [-0.4, -0.2) is 22.4 Å². The summed E-state index contributed by atoms with van der Waals surface area (Å²) in [6, 6.07) is 0. The third-order valence-corrected chi connectivity index (χ3v) is 4.43. The van der Waals surface area contributed by atoms with Crippen molar-refractivity contribution in [2.24, 2.45) is 11.3 Å². The Labute approximate surface area is 104 Å². The molecule has 2 aliphatic carbocycles. The Morgan fingerprint density at radius 2 is 1.88 bits per heavy atom. The fourth-order valence-corrected chi connectivity index (χ4v) is 3.07. The van der Waals surface area contributed by atoms with Crippen LogP contribution in [0.3, 0.4) is 0 Å². The van der Waals surface area contributed by atoms with Crippen LogP contribution in [0.15, 0.2) is 22.8 Å². The molecule has 3 atom stereocenters. The molecule has 0 spiro atoms. The molecule has 0 aliphatic heterocycles. The summed E-state index contributed by atoms with van der Waals surface area (Å²) in [5, 5.41) is 20.4. The van der Waals surface area contributed by atoms with Crippen molar-refractivity contribution in [1.82, 2.24) is 0 Å². The molecule has 0 saturated heterocycles. The monoisotopic (exact) mass is 236 g/mol. The van der Waals surface area contributed by atoms with Crippen molar-refractivity contribution in [2.45, 2.75) is 59.2 Å². The van der Waals surface area contributed by atoms with Gasteiger partial charge in [-0.3, -0.25) is 0 Å². The summed E-state index contributed by atoms with van der Waals surface area (Å²) in [7, 11) is 0. The molecule has 2 heteroatoms. The third-order valence-electron chi connectivity index (χ3n) is 4.43. The van der Waals surface area contributed by atoms with Gasteiger partial charge in [-0.2, -0.15) is 0 Å². The van der Waals surface area contributed by atoms with E-state index >= 15 is 0 Å². The summed E-state index contributed by atoms with van der Waals surface area (Å²) < 4.78 is 0. The predicted octanol–water partition coefficient (Wildman–Crippen LogP) is 2.81. The zero-order valence-electron chi connectivity index (χ0n) is 11.3. The average Bonchev–Trinajstić information content (AvgIpc) is 2.47. The number of hydrogen-bond donors (Lipinski definition) is 2.